The van der Waals surface area contributed by atoms with Crippen molar-refractivity contribution < 1.29 is 9.47 Å². The number of thiophene rings is 1. The van der Waals surface area contributed by atoms with E-state index in [2.05, 4.69) is 29.6 Å². The molecule has 0 spiro atoms. The fourth-order valence-corrected chi connectivity index (χ4v) is 2.67. The van der Waals surface area contributed by atoms with Crippen LogP contribution in [0.4, 0.5) is 0 Å². The summed E-state index contributed by atoms with van der Waals surface area (Å²) in [6.07, 6.45) is -0.196. The zero-order chi connectivity index (χ0) is 10.8. The molecule has 1 aliphatic rings. The average Bonchev–Trinajstić information content (AvgIpc) is 3.03. The molecule has 2 aromatic rings. The van der Waals surface area contributed by atoms with E-state index in [9.17, 15) is 0 Å². The monoisotopic (exact) mass is 232 g/mol. The third-order valence-corrected chi connectivity index (χ3v) is 3.53. The second-order valence-corrected chi connectivity index (χ2v) is 4.59. The smallest absolute Gasteiger partial charge is 0.184 e. The predicted octanol–water partition coefficient (Wildman–Crippen LogP) is 3.46. The summed E-state index contributed by atoms with van der Waals surface area (Å²) in [6.45, 7) is 1.37. The topological polar surface area (TPSA) is 18.5 Å². The molecule has 0 amide bonds. The largest absolute Gasteiger partial charge is 0.346 e. The van der Waals surface area contributed by atoms with Gasteiger partial charge in [0.15, 0.2) is 6.29 Å². The molecule has 0 N–H and O–H groups in total. The zero-order valence-electron chi connectivity index (χ0n) is 8.76. The molecular formula is C13H12O2S. The minimum atomic E-state index is -0.196. The standard InChI is InChI=1S/C13H12O2S/c1-2-5-11(13-14-7-8-15-13)10(4-1)12-6-3-9-16-12/h1-6,9,13H,7-8H2. The molecule has 1 fully saturated rings. The van der Waals surface area contributed by atoms with Gasteiger partial charge in [0.2, 0.25) is 0 Å². The van der Waals surface area contributed by atoms with Crippen LogP contribution in [0, 0.1) is 0 Å². The van der Waals surface area contributed by atoms with E-state index in [1.54, 1.807) is 11.3 Å². The maximum Gasteiger partial charge on any atom is 0.184 e. The number of rotatable bonds is 2. The van der Waals surface area contributed by atoms with E-state index < -0.39 is 0 Å². The highest BCUT2D eigenvalue weighted by molar-refractivity contribution is 7.13. The third-order valence-electron chi connectivity index (χ3n) is 2.62. The minimum Gasteiger partial charge on any atom is -0.346 e. The molecule has 3 heteroatoms. The molecular weight excluding hydrogens is 220 g/mol. The Balaban J connectivity index is 2.04. The number of benzene rings is 1. The van der Waals surface area contributed by atoms with Crippen molar-refractivity contribution in [3.8, 4) is 10.4 Å². The van der Waals surface area contributed by atoms with E-state index in [1.165, 1.54) is 10.4 Å². The van der Waals surface area contributed by atoms with Crippen molar-refractivity contribution in [3.05, 3.63) is 47.3 Å². The summed E-state index contributed by atoms with van der Waals surface area (Å²) in [6, 6.07) is 12.5. The van der Waals surface area contributed by atoms with Gasteiger partial charge < -0.3 is 9.47 Å². The predicted molar refractivity (Wildman–Crippen MR) is 64.4 cm³/mol. The highest BCUT2D eigenvalue weighted by Crippen LogP contribution is 2.34. The Labute approximate surface area is 98.4 Å². The van der Waals surface area contributed by atoms with Crippen molar-refractivity contribution in [2.24, 2.45) is 0 Å². The molecule has 3 rings (SSSR count). The number of hydrogen-bond acceptors (Lipinski definition) is 3. The van der Waals surface area contributed by atoms with Crippen LogP contribution in [0.3, 0.4) is 0 Å². The second kappa shape index (κ2) is 4.37. The van der Waals surface area contributed by atoms with Crippen molar-refractivity contribution in [1.82, 2.24) is 0 Å². The lowest BCUT2D eigenvalue weighted by Gasteiger charge is -2.13. The van der Waals surface area contributed by atoms with Crippen molar-refractivity contribution in [2.75, 3.05) is 13.2 Å². The lowest BCUT2D eigenvalue weighted by molar-refractivity contribution is -0.0436. The van der Waals surface area contributed by atoms with E-state index in [0.29, 0.717) is 13.2 Å². The molecule has 0 saturated carbocycles. The molecule has 1 saturated heterocycles. The molecule has 1 aliphatic heterocycles. The normalized spacial score (nSPS) is 16.8. The van der Waals surface area contributed by atoms with Crippen molar-refractivity contribution in [1.29, 1.82) is 0 Å². The molecule has 16 heavy (non-hydrogen) atoms. The van der Waals surface area contributed by atoms with Gasteiger partial charge in [-0.1, -0.05) is 30.3 Å². The number of ether oxygens (including phenoxy) is 2. The van der Waals surface area contributed by atoms with Gasteiger partial charge in [0.25, 0.3) is 0 Å². The van der Waals surface area contributed by atoms with Gasteiger partial charge in [-0.3, -0.25) is 0 Å². The van der Waals surface area contributed by atoms with Crippen LogP contribution in [0.15, 0.2) is 41.8 Å². The lowest BCUT2D eigenvalue weighted by Crippen LogP contribution is -1.99. The van der Waals surface area contributed by atoms with Crippen LogP contribution >= 0.6 is 11.3 Å². The summed E-state index contributed by atoms with van der Waals surface area (Å²) in [5.74, 6) is 0. The summed E-state index contributed by atoms with van der Waals surface area (Å²) < 4.78 is 11.1. The molecule has 0 radical (unpaired) electrons. The Morgan fingerprint density at radius 2 is 1.81 bits per heavy atom. The highest BCUT2D eigenvalue weighted by atomic mass is 32.1. The van der Waals surface area contributed by atoms with Crippen LogP contribution in [0.5, 0.6) is 0 Å². The van der Waals surface area contributed by atoms with Gasteiger partial charge in [-0.25, -0.2) is 0 Å². The fraction of sp³-hybridized carbons (Fsp3) is 0.231. The zero-order valence-corrected chi connectivity index (χ0v) is 9.57. The van der Waals surface area contributed by atoms with Crippen LogP contribution in [0.2, 0.25) is 0 Å². The van der Waals surface area contributed by atoms with E-state index in [1.807, 2.05) is 12.1 Å². The fourth-order valence-electron chi connectivity index (χ4n) is 1.90. The van der Waals surface area contributed by atoms with Gasteiger partial charge in [0, 0.05) is 10.4 Å². The summed E-state index contributed by atoms with van der Waals surface area (Å²) in [7, 11) is 0. The maximum atomic E-state index is 5.56. The van der Waals surface area contributed by atoms with Crippen LogP contribution in [-0.4, -0.2) is 13.2 Å². The molecule has 1 aromatic heterocycles. The number of hydrogen-bond donors (Lipinski definition) is 0. The molecule has 2 nitrogen and oxygen atoms in total. The Hall–Kier alpha value is -1.16. The SMILES string of the molecule is c1csc(-c2ccccc2C2OCCO2)c1. The van der Waals surface area contributed by atoms with E-state index in [4.69, 9.17) is 9.47 Å². The van der Waals surface area contributed by atoms with Crippen molar-refractivity contribution in [3.63, 3.8) is 0 Å². The van der Waals surface area contributed by atoms with E-state index in [0.717, 1.165) is 5.56 Å². The van der Waals surface area contributed by atoms with Crippen LogP contribution in [0.25, 0.3) is 10.4 Å². The lowest BCUT2D eigenvalue weighted by atomic mass is 10.1. The van der Waals surface area contributed by atoms with Crippen LogP contribution < -0.4 is 0 Å². The Bertz CT molecular complexity index is 459. The Morgan fingerprint density at radius 1 is 1.00 bits per heavy atom. The highest BCUT2D eigenvalue weighted by Gasteiger charge is 2.21. The maximum absolute atomic E-state index is 5.56. The van der Waals surface area contributed by atoms with Crippen molar-refractivity contribution in [2.45, 2.75) is 6.29 Å². The molecule has 0 bridgehead atoms. The average molecular weight is 232 g/mol. The first kappa shape index (κ1) is 10.0. The first-order valence-electron chi connectivity index (χ1n) is 5.31. The quantitative estimate of drug-likeness (QED) is 0.789. The van der Waals surface area contributed by atoms with Gasteiger partial charge in [0.05, 0.1) is 13.2 Å². The molecule has 0 atom stereocenters. The van der Waals surface area contributed by atoms with Crippen molar-refractivity contribution >= 4 is 11.3 Å². The van der Waals surface area contributed by atoms with E-state index in [-0.39, 0.29) is 6.29 Å². The van der Waals surface area contributed by atoms with Gasteiger partial charge in [-0.2, -0.15) is 0 Å². The van der Waals surface area contributed by atoms with Gasteiger partial charge >= 0.3 is 0 Å². The third kappa shape index (κ3) is 1.78. The van der Waals surface area contributed by atoms with Gasteiger partial charge in [0.1, 0.15) is 0 Å². The summed E-state index contributed by atoms with van der Waals surface area (Å²) >= 11 is 1.74. The van der Waals surface area contributed by atoms with Gasteiger partial charge in [-0.05, 0) is 17.0 Å². The molecule has 82 valence electrons. The second-order valence-electron chi connectivity index (χ2n) is 3.64. The Morgan fingerprint density at radius 3 is 2.56 bits per heavy atom. The van der Waals surface area contributed by atoms with Gasteiger partial charge in [-0.15, -0.1) is 11.3 Å². The molecule has 0 aliphatic carbocycles. The Kier molecular flexibility index (Phi) is 2.74. The van der Waals surface area contributed by atoms with Crippen LogP contribution in [0.1, 0.15) is 11.9 Å². The molecule has 0 unspecified atom stereocenters. The minimum absolute atomic E-state index is 0.196. The van der Waals surface area contributed by atoms with Crippen LogP contribution in [-0.2, 0) is 9.47 Å². The molecule has 1 aromatic carbocycles. The molecule has 2 heterocycles. The van der Waals surface area contributed by atoms with E-state index >= 15 is 0 Å². The summed E-state index contributed by atoms with van der Waals surface area (Å²) in [5.41, 5.74) is 2.34. The summed E-state index contributed by atoms with van der Waals surface area (Å²) in [4.78, 5) is 1.26. The first-order valence-corrected chi connectivity index (χ1v) is 6.19. The summed E-state index contributed by atoms with van der Waals surface area (Å²) in [5, 5.41) is 2.09. The first-order chi connectivity index (χ1) is 7.95.